The lowest BCUT2D eigenvalue weighted by atomic mass is 9.91. The first-order chi connectivity index (χ1) is 7.47. The Bertz CT molecular complexity index is 242. The first-order valence-electron chi connectivity index (χ1n) is 6.53. The minimum atomic E-state index is -0.319. The summed E-state index contributed by atoms with van der Waals surface area (Å²) in [7, 11) is 0. The molecule has 0 radical (unpaired) electrons. The number of hydrogen-bond donors (Lipinski definition) is 1. The maximum atomic E-state index is 12.2. The Morgan fingerprint density at radius 2 is 2.12 bits per heavy atom. The topological polar surface area (TPSA) is 46.3 Å². The molecule has 0 bridgehead atoms. The molecule has 0 saturated carbocycles. The summed E-state index contributed by atoms with van der Waals surface area (Å²) < 4.78 is 0. The van der Waals surface area contributed by atoms with Crippen molar-refractivity contribution in [2.24, 2.45) is 17.6 Å². The van der Waals surface area contributed by atoms with Gasteiger partial charge in [-0.15, -0.1) is 0 Å². The van der Waals surface area contributed by atoms with Crippen molar-refractivity contribution in [3.8, 4) is 0 Å². The lowest BCUT2D eigenvalue weighted by Gasteiger charge is -2.38. The van der Waals surface area contributed by atoms with Gasteiger partial charge in [0.05, 0.1) is 6.04 Å². The second-order valence-electron chi connectivity index (χ2n) is 5.42. The molecule has 0 aromatic carbocycles. The summed E-state index contributed by atoms with van der Waals surface area (Å²) in [5.41, 5.74) is 6.01. The summed E-state index contributed by atoms with van der Waals surface area (Å²) in [5.74, 6) is 1.16. The van der Waals surface area contributed by atoms with Gasteiger partial charge in [0.25, 0.3) is 0 Å². The highest BCUT2D eigenvalue weighted by molar-refractivity contribution is 5.82. The molecule has 1 aliphatic heterocycles. The molecular weight excluding hydrogens is 200 g/mol. The molecular formula is C13H26N2O. The number of carbonyl (C=O) groups is 1. The smallest absolute Gasteiger partial charge is 0.239 e. The van der Waals surface area contributed by atoms with Crippen LogP contribution in [0.15, 0.2) is 0 Å². The number of amides is 1. The van der Waals surface area contributed by atoms with Crippen LogP contribution in [0.2, 0.25) is 0 Å². The molecule has 3 heteroatoms. The Balaban J connectivity index is 2.59. The fraction of sp³-hybridized carbons (Fsp3) is 0.923. The van der Waals surface area contributed by atoms with E-state index in [1.54, 1.807) is 0 Å². The van der Waals surface area contributed by atoms with Crippen molar-refractivity contribution in [1.29, 1.82) is 0 Å². The molecule has 0 aromatic rings. The standard InChI is InChI=1S/C13H26N2O/c1-5-10(3)12(14)13(16)15-7-6-9(2)8-11(15)4/h9-12H,5-8,14H2,1-4H3/t9?,10-,11?,12-/m0/s1. The fourth-order valence-corrected chi connectivity index (χ4v) is 2.42. The number of rotatable bonds is 3. The van der Waals surface area contributed by atoms with Crippen LogP contribution in [0, 0.1) is 11.8 Å². The van der Waals surface area contributed by atoms with E-state index in [1.807, 2.05) is 4.90 Å². The van der Waals surface area contributed by atoms with Crippen molar-refractivity contribution in [1.82, 2.24) is 4.90 Å². The maximum Gasteiger partial charge on any atom is 0.239 e. The molecule has 1 rings (SSSR count). The largest absolute Gasteiger partial charge is 0.339 e. The van der Waals surface area contributed by atoms with Crippen LogP contribution in [0.25, 0.3) is 0 Å². The molecule has 16 heavy (non-hydrogen) atoms. The van der Waals surface area contributed by atoms with Gasteiger partial charge < -0.3 is 10.6 Å². The first kappa shape index (κ1) is 13.5. The van der Waals surface area contributed by atoms with E-state index in [9.17, 15) is 4.79 Å². The molecule has 2 unspecified atom stereocenters. The van der Waals surface area contributed by atoms with Crippen molar-refractivity contribution in [2.75, 3.05) is 6.54 Å². The highest BCUT2D eigenvalue weighted by Crippen LogP contribution is 2.23. The monoisotopic (exact) mass is 226 g/mol. The molecule has 0 spiro atoms. The van der Waals surface area contributed by atoms with Gasteiger partial charge in [-0.05, 0) is 31.6 Å². The molecule has 0 aliphatic carbocycles. The van der Waals surface area contributed by atoms with Gasteiger partial charge in [-0.25, -0.2) is 0 Å². The van der Waals surface area contributed by atoms with Gasteiger partial charge >= 0.3 is 0 Å². The zero-order chi connectivity index (χ0) is 12.3. The Morgan fingerprint density at radius 3 is 2.62 bits per heavy atom. The number of nitrogens with zero attached hydrogens (tertiary/aromatic N) is 1. The highest BCUT2D eigenvalue weighted by Gasteiger charge is 2.31. The number of carbonyl (C=O) groups excluding carboxylic acids is 1. The number of piperidine rings is 1. The van der Waals surface area contributed by atoms with E-state index in [1.165, 1.54) is 0 Å². The molecule has 1 fully saturated rings. The number of nitrogens with two attached hydrogens (primary N) is 1. The second-order valence-corrected chi connectivity index (χ2v) is 5.42. The van der Waals surface area contributed by atoms with Gasteiger partial charge in [-0.3, -0.25) is 4.79 Å². The fourth-order valence-electron chi connectivity index (χ4n) is 2.42. The van der Waals surface area contributed by atoms with Crippen LogP contribution < -0.4 is 5.73 Å². The van der Waals surface area contributed by atoms with Crippen molar-refractivity contribution in [3.05, 3.63) is 0 Å². The van der Waals surface area contributed by atoms with Gasteiger partial charge in [-0.1, -0.05) is 27.2 Å². The molecule has 0 aromatic heterocycles. The summed E-state index contributed by atoms with van der Waals surface area (Å²) in [6.45, 7) is 9.41. The maximum absolute atomic E-state index is 12.2. The van der Waals surface area contributed by atoms with Crippen molar-refractivity contribution < 1.29 is 4.79 Å². The van der Waals surface area contributed by atoms with Gasteiger partial charge in [-0.2, -0.15) is 0 Å². The van der Waals surface area contributed by atoms with Crippen LogP contribution in [-0.2, 0) is 4.79 Å². The van der Waals surface area contributed by atoms with Gasteiger partial charge in [0.1, 0.15) is 0 Å². The van der Waals surface area contributed by atoms with Crippen molar-refractivity contribution in [2.45, 2.75) is 59.0 Å². The summed E-state index contributed by atoms with van der Waals surface area (Å²) in [4.78, 5) is 14.2. The van der Waals surface area contributed by atoms with E-state index in [-0.39, 0.29) is 17.9 Å². The zero-order valence-electron chi connectivity index (χ0n) is 11.1. The Kier molecular flexibility index (Phi) is 4.78. The van der Waals surface area contributed by atoms with Crippen LogP contribution in [0.3, 0.4) is 0 Å². The van der Waals surface area contributed by atoms with Crippen LogP contribution in [0.4, 0.5) is 0 Å². The molecule has 3 nitrogen and oxygen atoms in total. The lowest BCUT2D eigenvalue weighted by molar-refractivity contribution is -0.137. The van der Waals surface area contributed by atoms with E-state index in [4.69, 9.17) is 5.73 Å². The average molecular weight is 226 g/mol. The number of hydrogen-bond acceptors (Lipinski definition) is 2. The normalized spacial score (nSPS) is 29.9. The van der Waals surface area contributed by atoms with Crippen molar-refractivity contribution in [3.63, 3.8) is 0 Å². The molecule has 1 amide bonds. The minimum absolute atomic E-state index is 0.147. The third-order valence-electron chi connectivity index (χ3n) is 3.96. The predicted octanol–water partition coefficient (Wildman–Crippen LogP) is 2.01. The average Bonchev–Trinajstić information content (AvgIpc) is 2.26. The minimum Gasteiger partial charge on any atom is -0.339 e. The Morgan fingerprint density at radius 1 is 1.50 bits per heavy atom. The Labute approximate surface area is 99.4 Å². The van der Waals surface area contributed by atoms with E-state index in [0.29, 0.717) is 6.04 Å². The second kappa shape index (κ2) is 5.67. The summed E-state index contributed by atoms with van der Waals surface area (Å²) >= 11 is 0. The quantitative estimate of drug-likeness (QED) is 0.800. The van der Waals surface area contributed by atoms with E-state index in [2.05, 4.69) is 27.7 Å². The molecule has 1 heterocycles. The number of likely N-dealkylation sites (tertiary alicyclic amines) is 1. The molecule has 1 aliphatic rings. The van der Waals surface area contributed by atoms with Gasteiger partial charge in [0, 0.05) is 12.6 Å². The molecule has 94 valence electrons. The third kappa shape index (κ3) is 2.97. The third-order valence-corrected chi connectivity index (χ3v) is 3.96. The van der Waals surface area contributed by atoms with E-state index < -0.39 is 0 Å². The molecule has 1 saturated heterocycles. The van der Waals surface area contributed by atoms with Gasteiger partial charge in [0.15, 0.2) is 0 Å². The van der Waals surface area contributed by atoms with Crippen LogP contribution in [0.5, 0.6) is 0 Å². The van der Waals surface area contributed by atoms with Crippen LogP contribution >= 0.6 is 0 Å². The summed E-state index contributed by atoms with van der Waals surface area (Å²) in [6, 6.07) is 0.0345. The van der Waals surface area contributed by atoms with Gasteiger partial charge in [0.2, 0.25) is 5.91 Å². The first-order valence-corrected chi connectivity index (χ1v) is 6.53. The zero-order valence-corrected chi connectivity index (χ0v) is 11.1. The molecule has 2 N–H and O–H groups in total. The van der Waals surface area contributed by atoms with E-state index >= 15 is 0 Å². The van der Waals surface area contributed by atoms with Crippen LogP contribution in [-0.4, -0.2) is 29.4 Å². The Hall–Kier alpha value is -0.570. The van der Waals surface area contributed by atoms with Crippen molar-refractivity contribution >= 4 is 5.91 Å². The lowest BCUT2D eigenvalue weighted by Crippen LogP contribution is -2.52. The predicted molar refractivity (Wildman–Crippen MR) is 67.0 cm³/mol. The van der Waals surface area contributed by atoms with Crippen LogP contribution in [0.1, 0.15) is 47.0 Å². The highest BCUT2D eigenvalue weighted by atomic mass is 16.2. The SMILES string of the molecule is CC[C@H](C)[C@H](N)C(=O)N1CCC(C)CC1C. The summed E-state index contributed by atoms with van der Waals surface area (Å²) in [6.07, 6.45) is 3.19. The molecule has 4 atom stereocenters. The summed E-state index contributed by atoms with van der Waals surface area (Å²) in [5, 5.41) is 0. The van der Waals surface area contributed by atoms with E-state index in [0.717, 1.165) is 31.7 Å².